The first-order chi connectivity index (χ1) is 4.79. The van der Waals surface area contributed by atoms with E-state index in [0.717, 1.165) is 24.5 Å². The van der Waals surface area contributed by atoms with Gasteiger partial charge in [-0.2, -0.15) is 24.4 Å². The van der Waals surface area contributed by atoms with Crippen molar-refractivity contribution >= 4 is 24.4 Å². The molecule has 0 saturated carbocycles. The van der Waals surface area contributed by atoms with Crippen LogP contribution in [0, 0.1) is 0 Å². The summed E-state index contributed by atoms with van der Waals surface area (Å²) in [6, 6.07) is 0. The third-order valence-electron chi connectivity index (χ3n) is 1.49. The van der Waals surface area contributed by atoms with Crippen LogP contribution in [0.3, 0.4) is 0 Å². The predicted octanol–water partition coefficient (Wildman–Crippen LogP) is 1.83. The highest BCUT2D eigenvalue weighted by atomic mass is 32.2. The van der Waals surface area contributed by atoms with Crippen LogP contribution in [0.2, 0.25) is 0 Å². The fraction of sp³-hybridized carbons (Fsp3) is 1.00. The number of rotatable bonds is 2. The van der Waals surface area contributed by atoms with Gasteiger partial charge < -0.3 is 4.74 Å². The van der Waals surface area contributed by atoms with Gasteiger partial charge in [0.2, 0.25) is 0 Å². The van der Waals surface area contributed by atoms with Crippen LogP contribution in [0.25, 0.3) is 0 Å². The van der Waals surface area contributed by atoms with E-state index in [1.807, 2.05) is 11.8 Å². The minimum absolute atomic E-state index is 0.464. The van der Waals surface area contributed by atoms with Crippen molar-refractivity contribution in [1.29, 1.82) is 0 Å². The summed E-state index contributed by atoms with van der Waals surface area (Å²) < 4.78 is 5.52. The zero-order valence-electron chi connectivity index (χ0n) is 6.25. The van der Waals surface area contributed by atoms with Crippen LogP contribution in [0.15, 0.2) is 0 Å². The van der Waals surface area contributed by atoms with E-state index < -0.39 is 0 Å². The standard InChI is InChI=1S/C7H14OS2/c1-6(9)4-7-5-10-3-2-8-7/h6-7,9H,2-5H2,1H3. The van der Waals surface area contributed by atoms with Gasteiger partial charge in [0.1, 0.15) is 0 Å². The van der Waals surface area contributed by atoms with Gasteiger partial charge in [-0.25, -0.2) is 0 Å². The number of hydrogen-bond donors (Lipinski definition) is 1. The maximum Gasteiger partial charge on any atom is 0.0676 e. The van der Waals surface area contributed by atoms with Gasteiger partial charge in [-0.1, -0.05) is 6.92 Å². The maximum absolute atomic E-state index is 5.52. The van der Waals surface area contributed by atoms with Gasteiger partial charge >= 0.3 is 0 Å². The van der Waals surface area contributed by atoms with Crippen molar-refractivity contribution in [3.63, 3.8) is 0 Å². The second-order valence-corrected chi connectivity index (χ2v) is 4.68. The Bertz CT molecular complexity index is 89.6. The highest BCUT2D eigenvalue weighted by molar-refractivity contribution is 7.99. The number of ether oxygens (including phenoxy) is 1. The van der Waals surface area contributed by atoms with E-state index in [4.69, 9.17) is 4.74 Å². The van der Waals surface area contributed by atoms with Crippen LogP contribution >= 0.6 is 24.4 Å². The second-order valence-electron chi connectivity index (χ2n) is 2.65. The Morgan fingerprint density at radius 1 is 1.80 bits per heavy atom. The highest BCUT2D eigenvalue weighted by Crippen LogP contribution is 2.17. The fourth-order valence-electron chi connectivity index (χ4n) is 1.05. The summed E-state index contributed by atoms with van der Waals surface area (Å²) in [6.07, 6.45) is 1.56. The summed E-state index contributed by atoms with van der Waals surface area (Å²) >= 11 is 6.31. The molecule has 1 aliphatic rings. The fourth-order valence-corrected chi connectivity index (χ4v) is 2.16. The molecule has 1 nitrogen and oxygen atoms in total. The summed E-state index contributed by atoms with van der Waals surface area (Å²) in [5.41, 5.74) is 0. The molecule has 2 unspecified atom stereocenters. The molecule has 0 N–H and O–H groups in total. The van der Waals surface area contributed by atoms with Gasteiger partial charge in [-0.15, -0.1) is 0 Å². The van der Waals surface area contributed by atoms with Gasteiger partial charge in [0.05, 0.1) is 12.7 Å². The van der Waals surface area contributed by atoms with Crippen LogP contribution in [0.5, 0.6) is 0 Å². The first-order valence-corrected chi connectivity index (χ1v) is 5.33. The molecule has 0 amide bonds. The normalized spacial score (nSPS) is 30.0. The zero-order chi connectivity index (χ0) is 7.40. The molecule has 0 aliphatic carbocycles. The summed E-state index contributed by atoms with van der Waals surface area (Å²) in [5, 5.41) is 0.476. The van der Waals surface area contributed by atoms with Crippen LogP contribution in [0.4, 0.5) is 0 Å². The summed E-state index contributed by atoms with van der Waals surface area (Å²) in [7, 11) is 0. The Balaban J connectivity index is 2.13. The number of thioether (sulfide) groups is 1. The van der Waals surface area contributed by atoms with Gasteiger partial charge in [0, 0.05) is 16.8 Å². The van der Waals surface area contributed by atoms with E-state index in [9.17, 15) is 0 Å². The average molecular weight is 178 g/mol. The van der Waals surface area contributed by atoms with Gasteiger partial charge in [-0.05, 0) is 6.42 Å². The Hall–Kier alpha value is 0.660. The predicted molar refractivity (Wildman–Crippen MR) is 50.1 cm³/mol. The van der Waals surface area contributed by atoms with E-state index in [0.29, 0.717) is 11.4 Å². The van der Waals surface area contributed by atoms with Crippen molar-refractivity contribution < 1.29 is 4.74 Å². The van der Waals surface area contributed by atoms with Crippen molar-refractivity contribution in [2.45, 2.75) is 24.7 Å². The lowest BCUT2D eigenvalue weighted by Gasteiger charge is -2.23. The third kappa shape index (κ3) is 3.17. The first kappa shape index (κ1) is 8.75. The van der Waals surface area contributed by atoms with Crippen LogP contribution < -0.4 is 0 Å². The first-order valence-electron chi connectivity index (χ1n) is 3.66. The van der Waals surface area contributed by atoms with E-state index in [1.54, 1.807) is 0 Å². The molecule has 60 valence electrons. The summed E-state index contributed by atoms with van der Waals surface area (Å²) in [4.78, 5) is 0. The van der Waals surface area contributed by atoms with Crippen molar-refractivity contribution in [1.82, 2.24) is 0 Å². The van der Waals surface area contributed by atoms with Gasteiger partial charge in [0.15, 0.2) is 0 Å². The largest absolute Gasteiger partial charge is 0.376 e. The van der Waals surface area contributed by atoms with E-state index in [2.05, 4.69) is 19.6 Å². The minimum atomic E-state index is 0.464. The van der Waals surface area contributed by atoms with Crippen LogP contribution in [-0.4, -0.2) is 29.5 Å². The van der Waals surface area contributed by atoms with Crippen LogP contribution in [0.1, 0.15) is 13.3 Å². The van der Waals surface area contributed by atoms with E-state index in [1.165, 1.54) is 0 Å². The van der Waals surface area contributed by atoms with E-state index >= 15 is 0 Å². The SMILES string of the molecule is CC(S)CC1CSCCO1. The molecular formula is C7H14OS2. The molecule has 10 heavy (non-hydrogen) atoms. The van der Waals surface area contributed by atoms with E-state index in [-0.39, 0.29) is 0 Å². The average Bonchev–Trinajstić information content (AvgIpc) is 1.88. The third-order valence-corrected chi connectivity index (χ3v) is 2.76. The van der Waals surface area contributed by atoms with Crippen LogP contribution in [-0.2, 0) is 4.74 Å². The van der Waals surface area contributed by atoms with Crippen molar-refractivity contribution in [3.8, 4) is 0 Å². The molecule has 0 aromatic carbocycles. The topological polar surface area (TPSA) is 9.23 Å². The molecule has 0 radical (unpaired) electrons. The molecule has 1 saturated heterocycles. The lowest BCUT2D eigenvalue weighted by molar-refractivity contribution is 0.0704. The highest BCUT2D eigenvalue weighted by Gasteiger charge is 2.15. The molecule has 1 heterocycles. The molecule has 1 fully saturated rings. The Labute approximate surface area is 72.3 Å². The lowest BCUT2D eigenvalue weighted by Crippen LogP contribution is -2.25. The smallest absolute Gasteiger partial charge is 0.0676 e. The number of thiol groups is 1. The maximum atomic E-state index is 5.52. The summed E-state index contributed by atoms with van der Waals surface area (Å²) in [6.45, 7) is 3.04. The quantitative estimate of drug-likeness (QED) is 0.646. The molecule has 0 aromatic heterocycles. The second kappa shape index (κ2) is 4.52. The summed E-state index contributed by atoms with van der Waals surface area (Å²) in [5.74, 6) is 2.32. The Morgan fingerprint density at radius 3 is 3.10 bits per heavy atom. The Morgan fingerprint density at radius 2 is 2.60 bits per heavy atom. The van der Waals surface area contributed by atoms with Crippen molar-refractivity contribution in [2.75, 3.05) is 18.1 Å². The molecule has 2 atom stereocenters. The molecule has 1 aliphatic heterocycles. The zero-order valence-corrected chi connectivity index (χ0v) is 7.96. The molecular weight excluding hydrogens is 164 g/mol. The molecule has 0 spiro atoms. The molecule has 0 aromatic rings. The monoisotopic (exact) mass is 178 g/mol. The van der Waals surface area contributed by atoms with Crippen molar-refractivity contribution in [3.05, 3.63) is 0 Å². The molecule has 1 rings (SSSR count). The Kier molecular flexibility index (Phi) is 3.96. The van der Waals surface area contributed by atoms with Gasteiger partial charge in [-0.3, -0.25) is 0 Å². The van der Waals surface area contributed by atoms with Crippen molar-refractivity contribution in [2.24, 2.45) is 0 Å². The van der Waals surface area contributed by atoms with Gasteiger partial charge in [0.25, 0.3) is 0 Å². The number of hydrogen-bond acceptors (Lipinski definition) is 3. The lowest BCUT2D eigenvalue weighted by atomic mass is 10.2. The minimum Gasteiger partial charge on any atom is -0.376 e. The molecule has 3 heteroatoms. The molecule has 0 bridgehead atoms.